The summed E-state index contributed by atoms with van der Waals surface area (Å²) in [5, 5.41) is 3.31. The Balaban J connectivity index is 2.18. The van der Waals surface area contributed by atoms with Crippen molar-refractivity contribution in [2.24, 2.45) is 0 Å². The zero-order chi connectivity index (χ0) is 13.7. The number of nitrogens with one attached hydrogen (secondary N) is 1. The van der Waals surface area contributed by atoms with Gasteiger partial charge in [0, 0.05) is 37.2 Å². The second-order valence-corrected chi connectivity index (χ2v) is 4.72. The molecule has 2 rings (SSSR count). The van der Waals surface area contributed by atoms with Crippen molar-refractivity contribution in [3.63, 3.8) is 0 Å². The molecule has 3 heteroatoms. The Bertz CT molecular complexity index is 520. The number of hydrogen-bond donors (Lipinski definition) is 1. The minimum atomic E-state index is 0.929. The molecular formula is C16H21N3. The summed E-state index contributed by atoms with van der Waals surface area (Å²) in [6, 6.07) is 12.6. The smallest absolute Gasteiger partial charge is 0.127 e. The summed E-state index contributed by atoms with van der Waals surface area (Å²) in [5.41, 5.74) is 3.59. The maximum absolute atomic E-state index is 4.33. The van der Waals surface area contributed by atoms with Gasteiger partial charge in [-0.05, 0) is 31.5 Å². The summed E-state index contributed by atoms with van der Waals surface area (Å²) in [6.45, 7) is 5.20. The van der Waals surface area contributed by atoms with E-state index in [9.17, 15) is 0 Å². The van der Waals surface area contributed by atoms with Crippen LogP contribution in [0.2, 0.25) is 0 Å². The van der Waals surface area contributed by atoms with Crippen LogP contribution in [0.15, 0.2) is 42.6 Å². The number of benzene rings is 1. The number of hydrogen-bond acceptors (Lipinski definition) is 3. The third-order valence-corrected chi connectivity index (χ3v) is 3.11. The van der Waals surface area contributed by atoms with Crippen LogP contribution in [0.3, 0.4) is 0 Å². The number of nitrogens with zero attached hydrogens (tertiary/aromatic N) is 2. The summed E-state index contributed by atoms with van der Waals surface area (Å²) < 4.78 is 0. The Kier molecular flexibility index (Phi) is 4.39. The summed E-state index contributed by atoms with van der Waals surface area (Å²) in [6.07, 6.45) is 2.94. The van der Waals surface area contributed by atoms with Gasteiger partial charge in [-0.15, -0.1) is 0 Å². The highest BCUT2D eigenvalue weighted by Crippen LogP contribution is 2.24. The average Bonchev–Trinajstić information content (AvgIpc) is 2.45. The molecule has 3 nitrogen and oxygen atoms in total. The van der Waals surface area contributed by atoms with Crippen molar-refractivity contribution < 1.29 is 0 Å². The molecule has 0 amide bonds. The Morgan fingerprint density at radius 2 is 1.84 bits per heavy atom. The molecule has 0 aliphatic carbocycles. The van der Waals surface area contributed by atoms with E-state index in [0.717, 1.165) is 24.5 Å². The molecule has 0 aliphatic heterocycles. The molecule has 0 saturated carbocycles. The van der Waals surface area contributed by atoms with Gasteiger partial charge in [-0.25, -0.2) is 4.98 Å². The van der Waals surface area contributed by atoms with Crippen LogP contribution in [0, 0.1) is 6.92 Å². The lowest BCUT2D eigenvalue weighted by molar-refractivity contribution is 0.968. The maximum Gasteiger partial charge on any atom is 0.127 e. The Morgan fingerprint density at radius 3 is 2.53 bits per heavy atom. The Morgan fingerprint density at radius 1 is 1.11 bits per heavy atom. The fourth-order valence-corrected chi connectivity index (χ4v) is 1.90. The van der Waals surface area contributed by atoms with Crippen molar-refractivity contribution in [2.75, 3.05) is 23.8 Å². The number of aryl methyl sites for hydroxylation is 1. The largest absolute Gasteiger partial charge is 0.370 e. The van der Waals surface area contributed by atoms with Crippen LogP contribution < -0.4 is 10.2 Å². The minimum absolute atomic E-state index is 0.929. The van der Waals surface area contributed by atoms with Crippen LogP contribution in [0.1, 0.15) is 18.9 Å². The number of pyridine rings is 1. The van der Waals surface area contributed by atoms with Crippen molar-refractivity contribution in [1.29, 1.82) is 0 Å². The summed E-state index contributed by atoms with van der Waals surface area (Å²) >= 11 is 0. The Labute approximate surface area is 115 Å². The number of rotatable bonds is 5. The third kappa shape index (κ3) is 3.47. The molecule has 0 saturated heterocycles. The van der Waals surface area contributed by atoms with Crippen LogP contribution in [0.25, 0.3) is 0 Å². The van der Waals surface area contributed by atoms with E-state index in [1.165, 1.54) is 11.3 Å². The highest BCUT2D eigenvalue weighted by atomic mass is 15.1. The van der Waals surface area contributed by atoms with E-state index in [1.54, 1.807) is 0 Å². The fourth-order valence-electron chi connectivity index (χ4n) is 1.90. The molecule has 19 heavy (non-hydrogen) atoms. The predicted molar refractivity (Wildman–Crippen MR) is 82.3 cm³/mol. The molecule has 0 unspecified atom stereocenters. The van der Waals surface area contributed by atoms with Gasteiger partial charge in [0.2, 0.25) is 0 Å². The van der Waals surface area contributed by atoms with Crippen LogP contribution in [-0.4, -0.2) is 18.6 Å². The lowest BCUT2D eigenvalue weighted by Crippen LogP contribution is -2.10. The Hall–Kier alpha value is -2.03. The zero-order valence-corrected chi connectivity index (χ0v) is 11.9. The van der Waals surface area contributed by atoms with Gasteiger partial charge >= 0.3 is 0 Å². The van der Waals surface area contributed by atoms with Gasteiger partial charge in [-0.1, -0.05) is 24.6 Å². The molecule has 0 aliphatic rings. The molecule has 0 atom stereocenters. The van der Waals surface area contributed by atoms with Gasteiger partial charge in [-0.3, -0.25) is 0 Å². The first-order chi connectivity index (χ1) is 9.20. The molecule has 100 valence electrons. The van der Waals surface area contributed by atoms with Crippen LogP contribution >= 0.6 is 0 Å². The molecular weight excluding hydrogens is 234 g/mol. The van der Waals surface area contributed by atoms with Crippen LogP contribution in [0.5, 0.6) is 0 Å². The van der Waals surface area contributed by atoms with E-state index < -0.39 is 0 Å². The standard InChI is InChI=1S/C16H21N3/c1-4-10-17-16-12-15(9-11-18-16)19(3)14-7-5-13(2)6-8-14/h5-9,11-12H,4,10H2,1-3H3,(H,17,18). The summed E-state index contributed by atoms with van der Waals surface area (Å²) in [5.74, 6) is 0.929. The first-order valence-electron chi connectivity index (χ1n) is 6.71. The molecule has 0 radical (unpaired) electrons. The SMILES string of the molecule is CCCNc1cc(N(C)c2ccc(C)cc2)ccn1. The van der Waals surface area contributed by atoms with Gasteiger partial charge in [0.25, 0.3) is 0 Å². The van der Waals surface area contributed by atoms with E-state index in [2.05, 4.69) is 66.4 Å². The van der Waals surface area contributed by atoms with Gasteiger partial charge in [0.15, 0.2) is 0 Å². The van der Waals surface area contributed by atoms with Gasteiger partial charge in [-0.2, -0.15) is 0 Å². The first-order valence-corrected chi connectivity index (χ1v) is 6.71. The second-order valence-electron chi connectivity index (χ2n) is 4.72. The van der Waals surface area contributed by atoms with Gasteiger partial charge in [0.05, 0.1) is 0 Å². The van der Waals surface area contributed by atoms with Crippen molar-refractivity contribution >= 4 is 17.2 Å². The summed E-state index contributed by atoms with van der Waals surface area (Å²) in [7, 11) is 2.07. The molecule has 1 N–H and O–H groups in total. The monoisotopic (exact) mass is 255 g/mol. The number of aromatic nitrogens is 1. The molecule has 0 fully saturated rings. The van der Waals surface area contributed by atoms with E-state index >= 15 is 0 Å². The minimum Gasteiger partial charge on any atom is -0.370 e. The lowest BCUT2D eigenvalue weighted by Gasteiger charge is -2.20. The average molecular weight is 255 g/mol. The predicted octanol–water partition coefficient (Wildman–Crippen LogP) is 3.98. The molecule has 1 aromatic carbocycles. The lowest BCUT2D eigenvalue weighted by atomic mass is 10.2. The first kappa shape index (κ1) is 13.4. The van der Waals surface area contributed by atoms with Crippen LogP contribution in [-0.2, 0) is 0 Å². The third-order valence-electron chi connectivity index (χ3n) is 3.11. The zero-order valence-electron chi connectivity index (χ0n) is 11.9. The van der Waals surface area contributed by atoms with Crippen molar-refractivity contribution in [3.05, 3.63) is 48.2 Å². The molecule has 0 bridgehead atoms. The van der Waals surface area contributed by atoms with Crippen molar-refractivity contribution in [3.8, 4) is 0 Å². The highest BCUT2D eigenvalue weighted by molar-refractivity contribution is 5.65. The van der Waals surface area contributed by atoms with Crippen molar-refractivity contribution in [1.82, 2.24) is 4.98 Å². The highest BCUT2D eigenvalue weighted by Gasteiger charge is 2.04. The molecule has 0 spiro atoms. The fraction of sp³-hybridized carbons (Fsp3) is 0.312. The van der Waals surface area contributed by atoms with E-state index in [-0.39, 0.29) is 0 Å². The molecule has 1 heterocycles. The van der Waals surface area contributed by atoms with E-state index in [1.807, 2.05) is 12.3 Å². The quantitative estimate of drug-likeness (QED) is 0.876. The second kappa shape index (κ2) is 6.23. The van der Waals surface area contributed by atoms with Crippen molar-refractivity contribution in [2.45, 2.75) is 20.3 Å². The normalized spacial score (nSPS) is 10.3. The maximum atomic E-state index is 4.33. The summed E-state index contributed by atoms with van der Waals surface area (Å²) in [4.78, 5) is 6.49. The molecule has 1 aromatic heterocycles. The van der Waals surface area contributed by atoms with E-state index in [0.29, 0.717) is 0 Å². The number of anilines is 3. The topological polar surface area (TPSA) is 28.2 Å². The molecule has 2 aromatic rings. The van der Waals surface area contributed by atoms with Gasteiger partial charge in [0.1, 0.15) is 5.82 Å². The van der Waals surface area contributed by atoms with E-state index in [4.69, 9.17) is 0 Å². The van der Waals surface area contributed by atoms with Gasteiger partial charge < -0.3 is 10.2 Å². The van der Waals surface area contributed by atoms with Crippen LogP contribution in [0.4, 0.5) is 17.2 Å².